The fraction of sp³-hybridized carbons (Fsp3) is 0.583. The lowest BCUT2D eigenvalue weighted by atomic mass is 10.1. The second-order valence-electron chi connectivity index (χ2n) is 4.31. The number of aromatic nitrogens is 2. The highest BCUT2D eigenvalue weighted by Crippen LogP contribution is 2.06. The van der Waals surface area contributed by atoms with E-state index in [0.717, 1.165) is 5.69 Å². The summed E-state index contributed by atoms with van der Waals surface area (Å²) in [4.78, 5) is 11.9. The van der Waals surface area contributed by atoms with Crippen LogP contribution in [0.2, 0.25) is 0 Å². The van der Waals surface area contributed by atoms with Gasteiger partial charge >= 0.3 is 0 Å². The molecule has 0 aliphatic carbocycles. The van der Waals surface area contributed by atoms with Gasteiger partial charge in [-0.15, -0.1) is 0 Å². The summed E-state index contributed by atoms with van der Waals surface area (Å²) < 4.78 is 0. The van der Waals surface area contributed by atoms with Crippen molar-refractivity contribution in [3.05, 3.63) is 23.0 Å². The quantitative estimate of drug-likeness (QED) is 0.795. The number of hydrogen-bond acceptors (Lipinski definition) is 4. The van der Waals surface area contributed by atoms with E-state index in [4.69, 9.17) is 5.11 Å². The summed E-state index contributed by atoms with van der Waals surface area (Å²) in [5, 5.41) is 19.4. The average molecular weight is 237 g/mol. The zero-order valence-corrected chi connectivity index (χ0v) is 10.5. The minimum absolute atomic E-state index is 0.134. The molecule has 1 heterocycles. The first-order chi connectivity index (χ1) is 8.04. The van der Waals surface area contributed by atoms with Crippen LogP contribution in [0.25, 0.3) is 0 Å². The largest absolute Gasteiger partial charge is 0.396 e. The van der Waals surface area contributed by atoms with Gasteiger partial charge in [-0.25, -0.2) is 0 Å². The van der Waals surface area contributed by atoms with Crippen LogP contribution < -0.4 is 5.32 Å². The van der Waals surface area contributed by atoms with Gasteiger partial charge in [0.25, 0.3) is 5.91 Å². The number of aliphatic hydroxyl groups is 1. The third-order valence-electron chi connectivity index (χ3n) is 2.58. The van der Waals surface area contributed by atoms with E-state index in [0.29, 0.717) is 24.2 Å². The van der Waals surface area contributed by atoms with E-state index in [1.807, 2.05) is 6.92 Å². The number of nitrogens with one attached hydrogen (secondary N) is 1. The second-order valence-corrected chi connectivity index (χ2v) is 4.31. The van der Waals surface area contributed by atoms with Crippen LogP contribution in [-0.2, 0) is 0 Å². The highest BCUT2D eigenvalue weighted by molar-refractivity contribution is 5.95. The predicted molar refractivity (Wildman–Crippen MR) is 64.7 cm³/mol. The summed E-state index contributed by atoms with van der Waals surface area (Å²) in [7, 11) is 0. The Hall–Kier alpha value is -1.49. The maximum atomic E-state index is 11.9. The van der Waals surface area contributed by atoms with Crippen molar-refractivity contribution < 1.29 is 9.90 Å². The first-order valence-corrected chi connectivity index (χ1v) is 5.74. The van der Waals surface area contributed by atoms with Crippen molar-refractivity contribution >= 4 is 5.91 Å². The molecule has 5 heteroatoms. The van der Waals surface area contributed by atoms with Crippen LogP contribution in [0.1, 0.15) is 35.1 Å². The molecule has 1 aromatic heterocycles. The number of aliphatic hydroxyl groups excluding tert-OH is 1. The predicted octanol–water partition coefficient (Wildman–Crippen LogP) is 0.842. The van der Waals surface area contributed by atoms with E-state index in [-0.39, 0.29) is 18.4 Å². The van der Waals surface area contributed by atoms with E-state index < -0.39 is 0 Å². The lowest BCUT2D eigenvalue weighted by molar-refractivity contribution is 0.0944. The summed E-state index contributed by atoms with van der Waals surface area (Å²) in [5.74, 6) is 0.130. The molecule has 2 N–H and O–H groups in total. The number of hydrogen-bond donors (Lipinski definition) is 2. The zero-order valence-electron chi connectivity index (χ0n) is 10.5. The number of carbonyl (C=O) groups excluding carboxylic acids is 1. The average Bonchev–Trinajstić information content (AvgIpc) is 2.29. The molecule has 0 aliphatic rings. The maximum absolute atomic E-state index is 11.9. The van der Waals surface area contributed by atoms with Gasteiger partial charge < -0.3 is 10.4 Å². The number of rotatable bonds is 5. The number of amides is 1. The molecule has 1 unspecified atom stereocenters. The molecule has 1 aromatic rings. The summed E-state index contributed by atoms with van der Waals surface area (Å²) >= 11 is 0. The van der Waals surface area contributed by atoms with E-state index in [1.165, 1.54) is 0 Å². The lowest BCUT2D eigenvalue weighted by Gasteiger charge is -2.11. The normalized spacial score (nSPS) is 12.2. The Bertz CT molecular complexity index is 393. The van der Waals surface area contributed by atoms with Crippen molar-refractivity contribution in [3.8, 4) is 0 Å². The van der Waals surface area contributed by atoms with Crippen molar-refractivity contribution in [2.45, 2.75) is 27.2 Å². The number of nitrogens with zero attached hydrogens (tertiary/aromatic N) is 2. The Morgan fingerprint density at radius 1 is 1.47 bits per heavy atom. The van der Waals surface area contributed by atoms with Gasteiger partial charge in [0, 0.05) is 13.2 Å². The monoisotopic (exact) mass is 237 g/mol. The molecule has 1 rings (SSSR count). The van der Waals surface area contributed by atoms with Crippen LogP contribution in [0.15, 0.2) is 6.07 Å². The van der Waals surface area contributed by atoms with Crippen molar-refractivity contribution in [1.29, 1.82) is 0 Å². The van der Waals surface area contributed by atoms with Gasteiger partial charge in [-0.1, -0.05) is 6.92 Å². The summed E-state index contributed by atoms with van der Waals surface area (Å²) in [6.45, 7) is 6.25. The van der Waals surface area contributed by atoms with Crippen LogP contribution >= 0.6 is 0 Å². The Kier molecular flexibility index (Phi) is 5.03. The van der Waals surface area contributed by atoms with Crippen molar-refractivity contribution in [2.24, 2.45) is 5.92 Å². The van der Waals surface area contributed by atoms with E-state index in [2.05, 4.69) is 15.5 Å². The molecule has 0 aromatic carbocycles. The molecule has 1 amide bonds. The lowest BCUT2D eigenvalue weighted by Crippen LogP contribution is -2.29. The highest BCUT2D eigenvalue weighted by Gasteiger charge is 2.11. The Morgan fingerprint density at radius 2 is 2.18 bits per heavy atom. The van der Waals surface area contributed by atoms with Crippen molar-refractivity contribution in [2.75, 3.05) is 13.2 Å². The fourth-order valence-electron chi connectivity index (χ4n) is 1.46. The molecule has 17 heavy (non-hydrogen) atoms. The van der Waals surface area contributed by atoms with E-state index >= 15 is 0 Å². The molecular weight excluding hydrogens is 218 g/mol. The zero-order chi connectivity index (χ0) is 12.8. The van der Waals surface area contributed by atoms with Crippen LogP contribution in [0.3, 0.4) is 0 Å². The molecule has 0 spiro atoms. The van der Waals surface area contributed by atoms with E-state index in [1.54, 1.807) is 19.9 Å². The smallest absolute Gasteiger partial charge is 0.253 e. The molecule has 0 bridgehead atoms. The molecule has 1 atom stereocenters. The summed E-state index contributed by atoms with van der Waals surface area (Å²) in [5.41, 5.74) is 1.92. The van der Waals surface area contributed by atoms with Crippen molar-refractivity contribution in [1.82, 2.24) is 15.5 Å². The number of carbonyl (C=O) groups is 1. The standard InChI is InChI=1S/C12H19N3O2/c1-8(4-5-16)7-13-12(17)11-6-9(2)14-15-10(11)3/h6,8,16H,4-5,7H2,1-3H3,(H,13,17). The van der Waals surface area contributed by atoms with Crippen LogP contribution in [0.5, 0.6) is 0 Å². The molecule has 5 nitrogen and oxygen atoms in total. The molecule has 94 valence electrons. The van der Waals surface area contributed by atoms with Gasteiger partial charge in [0.1, 0.15) is 0 Å². The second kappa shape index (κ2) is 6.30. The molecule has 0 aliphatic heterocycles. The maximum Gasteiger partial charge on any atom is 0.253 e. The topological polar surface area (TPSA) is 75.1 Å². The highest BCUT2D eigenvalue weighted by atomic mass is 16.3. The minimum Gasteiger partial charge on any atom is -0.396 e. The first kappa shape index (κ1) is 13.6. The third kappa shape index (κ3) is 4.11. The summed E-state index contributed by atoms with van der Waals surface area (Å²) in [6, 6.07) is 1.73. The third-order valence-corrected chi connectivity index (χ3v) is 2.58. The van der Waals surface area contributed by atoms with Gasteiger partial charge in [-0.2, -0.15) is 10.2 Å². The van der Waals surface area contributed by atoms with Crippen LogP contribution in [0.4, 0.5) is 0 Å². The Balaban J connectivity index is 2.61. The Morgan fingerprint density at radius 3 is 2.82 bits per heavy atom. The molecule has 0 fully saturated rings. The van der Waals surface area contributed by atoms with Crippen LogP contribution in [0, 0.1) is 19.8 Å². The van der Waals surface area contributed by atoms with Crippen LogP contribution in [-0.4, -0.2) is 34.4 Å². The molecule has 0 radical (unpaired) electrons. The van der Waals surface area contributed by atoms with Gasteiger partial charge in [-0.05, 0) is 32.3 Å². The first-order valence-electron chi connectivity index (χ1n) is 5.74. The van der Waals surface area contributed by atoms with Gasteiger partial charge in [0.2, 0.25) is 0 Å². The van der Waals surface area contributed by atoms with E-state index in [9.17, 15) is 4.79 Å². The fourth-order valence-corrected chi connectivity index (χ4v) is 1.46. The van der Waals surface area contributed by atoms with Gasteiger partial charge in [0.05, 0.1) is 17.0 Å². The summed E-state index contributed by atoms with van der Waals surface area (Å²) in [6.07, 6.45) is 0.687. The molecular formula is C12H19N3O2. The van der Waals surface area contributed by atoms with Gasteiger partial charge in [-0.3, -0.25) is 4.79 Å². The van der Waals surface area contributed by atoms with Crippen molar-refractivity contribution in [3.63, 3.8) is 0 Å². The molecule has 0 saturated heterocycles. The molecule has 0 saturated carbocycles. The number of aryl methyl sites for hydroxylation is 2. The SMILES string of the molecule is Cc1cc(C(=O)NCC(C)CCO)c(C)nn1. The minimum atomic E-state index is -0.134. The Labute approximate surface area is 101 Å². The van der Waals surface area contributed by atoms with Gasteiger partial charge in [0.15, 0.2) is 0 Å².